The highest BCUT2D eigenvalue weighted by Crippen LogP contribution is 2.22. The van der Waals surface area contributed by atoms with E-state index >= 15 is 0 Å². The molecule has 0 aliphatic carbocycles. The normalized spacial score (nSPS) is 12.9. The summed E-state index contributed by atoms with van der Waals surface area (Å²) in [5.41, 5.74) is 0.462. The molecule has 1 rings (SSSR count). The van der Waals surface area contributed by atoms with E-state index in [2.05, 4.69) is 26.0 Å². The molecular formula is C14H22F2N4O2. The van der Waals surface area contributed by atoms with Crippen LogP contribution in [0.4, 0.5) is 19.3 Å². The number of hydrogen-bond donors (Lipinski definition) is 4. The quantitative estimate of drug-likeness (QED) is 0.582. The van der Waals surface area contributed by atoms with E-state index in [4.69, 9.17) is 0 Å². The first-order valence-electron chi connectivity index (χ1n) is 6.87. The summed E-state index contributed by atoms with van der Waals surface area (Å²) in [4.78, 5) is 11.8. The molecule has 0 heterocycles. The largest absolute Gasteiger partial charge is 0.433 e. The Hall–Kier alpha value is -1.93. The third kappa shape index (κ3) is 7.19. The van der Waals surface area contributed by atoms with Gasteiger partial charge in [-0.1, -0.05) is 0 Å². The zero-order valence-corrected chi connectivity index (χ0v) is 13.0. The van der Waals surface area contributed by atoms with Crippen LogP contribution in [0.3, 0.4) is 0 Å². The van der Waals surface area contributed by atoms with E-state index in [0.29, 0.717) is 12.6 Å². The molecule has 124 valence electrons. The monoisotopic (exact) mass is 316 g/mol. The molecule has 22 heavy (non-hydrogen) atoms. The first kappa shape index (κ1) is 18.1. The van der Waals surface area contributed by atoms with Crippen molar-refractivity contribution in [2.45, 2.75) is 39.2 Å². The molecular weight excluding hydrogens is 294 g/mol. The second-order valence-corrected chi connectivity index (χ2v) is 5.08. The Labute approximate surface area is 128 Å². The van der Waals surface area contributed by atoms with Crippen molar-refractivity contribution in [1.29, 1.82) is 0 Å². The van der Waals surface area contributed by atoms with Crippen LogP contribution in [-0.2, 0) is 0 Å². The van der Waals surface area contributed by atoms with Crippen LogP contribution >= 0.6 is 0 Å². The maximum atomic E-state index is 12.7. The zero-order valence-electron chi connectivity index (χ0n) is 13.0. The van der Waals surface area contributed by atoms with Gasteiger partial charge in [-0.3, -0.25) is 10.6 Å². The lowest BCUT2D eigenvalue weighted by Crippen LogP contribution is -2.56. The maximum Gasteiger partial charge on any atom is 0.394 e. The molecule has 6 nitrogen and oxygen atoms in total. The van der Waals surface area contributed by atoms with Gasteiger partial charge >= 0.3 is 12.1 Å². The minimum atomic E-state index is -3.24. The lowest BCUT2D eigenvalue weighted by Gasteiger charge is -2.22. The van der Waals surface area contributed by atoms with Gasteiger partial charge in [0.25, 0.3) is 0 Å². The Balaban J connectivity index is 2.54. The van der Waals surface area contributed by atoms with E-state index in [0.717, 1.165) is 0 Å². The molecule has 0 aromatic heterocycles. The third-order valence-electron chi connectivity index (χ3n) is 2.47. The number of rotatable bonds is 7. The van der Waals surface area contributed by atoms with Gasteiger partial charge in [0.1, 0.15) is 12.0 Å². The lowest BCUT2D eigenvalue weighted by molar-refractivity contribution is -0.158. The number of anilines is 1. The van der Waals surface area contributed by atoms with Crippen molar-refractivity contribution in [2.24, 2.45) is 0 Å². The Bertz CT molecular complexity index is 475. The van der Waals surface area contributed by atoms with Crippen molar-refractivity contribution >= 4 is 11.7 Å². The number of carbonyl (C=O) groups is 1. The Morgan fingerprint density at radius 2 is 1.82 bits per heavy atom. The average molecular weight is 316 g/mol. The van der Waals surface area contributed by atoms with Gasteiger partial charge in [0.15, 0.2) is 0 Å². The van der Waals surface area contributed by atoms with Crippen LogP contribution in [0, 0.1) is 0 Å². The summed E-state index contributed by atoms with van der Waals surface area (Å²) in [6, 6.07) is 5.42. The smallest absolute Gasteiger partial charge is 0.394 e. The maximum absolute atomic E-state index is 12.7. The SMILES string of the molecule is CNC(NC(=O)Nc1ccc(OC(C)(F)F)cc1)NC(C)C. The van der Waals surface area contributed by atoms with Gasteiger partial charge in [0.05, 0.1) is 0 Å². The molecule has 2 amide bonds. The Morgan fingerprint density at radius 3 is 2.27 bits per heavy atom. The molecule has 1 aromatic rings. The number of urea groups is 1. The van der Waals surface area contributed by atoms with Crippen LogP contribution in [0.1, 0.15) is 20.8 Å². The number of carbonyl (C=O) groups excluding carboxylic acids is 1. The molecule has 0 radical (unpaired) electrons. The second kappa shape index (κ2) is 7.90. The first-order chi connectivity index (χ1) is 10.2. The predicted octanol–water partition coefficient (Wildman–Crippen LogP) is 2.30. The molecule has 0 bridgehead atoms. The molecule has 0 spiro atoms. The summed E-state index contributed by atoms with van der Waals surface area (Å²) in [5, 5.41) is 11.3. The number of nitrogens with one attached hydrogen (secondary N) is 4. The van der Waals surface area contributed by atoms with Gasteiger partial charge < -0.3 is 15.4 Å². The van der Waals surface area contributed by atoms with Gasteiger partial charge in [-0.05, 0) is 45.2 Å². The third-order valence-corrected chi connectivity index (χ3v) is 2.47. The topological polar surface area (TPSA) is 74.4 Å². The van der Waals surface area contributed by atoms with Crippen molar-refractivity contribution < 1.29 is 18.3 Å². The van der Waals surface area contributed by atoms with Gasteiger partial charge in [0.2, 0.25) is 0 Å². The summed E-state index contributed by atoms with van der Waals surface area (Å²) in [6.45, 7) is 4.56. The molecule has 0 saturated carbocycles. The van der Waals surface area contributed by atoms with E-state index < -0.39 is 12.1 Å². The second-order valence-electron chi connectivity index (χ2n) is 5.08. The summed E-state index contributed by atoms with van der Waals surface area (Å²) in [6.07, 6.45) is -3.63. The summed E-state index contributed by atoms with van der Waals surface area (Å²) < 4.78 is 29.8. The standard InChI is InChI=1S/C14H22F2N4O2/c1-9(2)18-12(17-4)20-13(21)19-10-5-7-11(8-6-10)22-14(3,15)16/h5-9,12,17-18H,1-4H3,(H2,19,20,21). The van der Waals surface area contributed by atoms with Gasteiger partial charge in [-0.25, -0.2) is 4.79 Å². The average Bonchev–Trinajstić information content (AvgIpc) is 2.38. The van der Waals surface area contributed by atoms with Crippen LogP contribution < -0.4 is 26.0 Å². The van der Waals surface area contributed by atoms with Crippen LogP contribution in [0.5, 0.6) is 5.75 Å². The van der Waals surface area contributed by atoms with Crippen LogP contribution in [0.2, 0.25) is 0 Å². The van der Waals surface area contributed by atoms with Crippen LogP contribution in [0.25, 0.3) is 0 Å². The fourth-order valence-electron chi connectivity index (χ4n) is 1.64. The predicted molar refractivity (Wildman–Crippen MR) is 81.0 cm³/mol. The fourth-order valence-corrected chi connectivity index (χ4v) is 1.64. The lowest BCUT2D eigenvalue weighted by atomic mass is 10.3. The molecule has 0 fully saturated rings. The van der Waals surface area contributed by atoms with Crippen LogP contribution in [0.15, 0.2) is 24.3 Å². The summed E-state index contributed by atoms with van der Waals surface area (Å²) in [5.74, 6) is 0.0213. The van der Waals surface area contributed by atoms with Crippen molar-refractivity contribution in [2.75, 3.05) is 12.4 Å². The molecule has 0 saturated heterocycles. The van der Waals surface area contributed by atoms with E-state index in [1.54, 1.807) is 7.05 Å². The van der Waals surface area contributed by atoms with Crippen molar-refractivity contribution in [3.8, 4) is 5.75 Å². The summed E-state index contributed by atoms with van der Waals surface area (Å²) >= 11 is 0. The Kier molecular flexibility index (Phi) is 6.51. The number of hydrogen-bond acceptors (Lipinski definition) is 4. The Morgan fingerprint density at radius 1 is 1.23 bits per heavy atom. The van der Waals surface area contributed by atoms with E-state index in [9.17, 15) is 13.6 Å². The van der Waals surface area contributed by atoms with E-state index in [-0.39, 0.29) is 18.1 Å². The van der Waals surface area contributed by atoms with Crippen molar-refractivity contribution in [1.82, 2.24) is 16.0 Å². The molecule has 8 heteroatoms. The molecule has 1 unspecified atom stereocenters. The van der Waals surface area contributed by atoms with E-state index in [1.165, 1.54) is 24.3 Å². The highest BCUT2D eigenvalue weighted by Gasteiger charge is 2.22. The van der Waals surface area contributed by atoms with E-state index in [1.807, 2.05) is 13.8 Å². The summed E-state index contributed by atoms with van der Waals surface area (Å²) in [7, 11) is 1.71. The van der Waals surface area contributed by atoms with Crippen molar-refractivity contribution in [3.05, 3.63) is 24.3 Å². The molecule has 0 aliphatic rings. The molecule has 1 atom stereocenters. The molecule has 4 N–H and O–H groups in total. The number of halogens is 2. The van der Waals surface area contributed by atoms with Crippen molar-refractivity contribution in [3.63, 3.8) is 0 Å². The minimum Gasteiger partial charge on any atom is -0.433 e. The highest BCUT2D eigenvalue weighted by molar-refractivity contribution is 5.89. The fraction of sp³-hybridized carbons (Fsp3) is 0.500. The number of alkyl halides is 2. The number of benzene rings is 1. The molecule has 1 aromatic carbocycles. The first-order valence-corrected chi connectivity index (χ1v) is 6.87. The van der Waals surface area contributed by atoms with Crippen LogP contribution in [-0.4, -0.2) is 31.5 Å². The number of ether oxygens (including phenoxy) is 1. The highest BCUT2D eigenvalue weighted by atomic mass is 19.3. The molecule has 0 aliphatic heterocycles. The van der Waals surface area contributed by atoms with Gasteiger partial charge in [-0.15, -0.1) is 0 Å². The zero-order chi connectivity index (χ0) is 16.8. The van der Waals surface area contributed by atoms with Gasteiger partial charge in [-0.2, -0.15) is 8.78 Å². The minimum absolute atomic E-state index is 0.0213. The van der Waals surface area contributed by atoms with Gasteiger partial charge in [0, 0.05) is 18.7 Å². The number of amides is 2.